The lowest BCUT2D eigenvalue weighted by Crippen LogP contribution is -2.49. The fourth-order valence-electron chi connectivity index (χ4n) is 3.32. The summed E-state index contributed by atoms with van der Waals surface area (Å²) in [6.45, 7) is 4.69. The zero-order chi connectivity index (χ0) is 19.1. The molecule has 0 bridgehead atoms. The van der Waals surface area contributed by atoms with E-state index in [0.717, 1.165) is 34.5 Å². The average molecular weight is 412 g/mol. The molecule has 1 aliphatic rings. The van der Waals surface area contributed by atoms with Gasteiger partial charge in [0.15, 0.2) is 0 Å². The van der Waals surface area contributed by atoms with E-state index in [1.807, 2.05) is 40.8 Å². The van der Waals surface area contributed by atoms with Crippen molar-refractivity contribution in [3.8, 4) is 9.88 Å². The number of fused-ring (bicyclic) bond motifs is 1. The summed E-state index contributed by atoms with van der Waals surface area (Å²) in [7, 11) is 0. The van der Waals surface area contributed by atoms with Gasteiger partial charge >= 0.3 is 0 Å². The van der Waals surface area contributed by atoms with Crippen molar-refractivity contribution in [2.45, 2.75) is 6.92 Å². The van der Waals surface area contributed by atoms with E-state index in [1.54, 1.807) is 15.9 Å². The number of aromatic nitrogens is 5. The Kier molecular flexibility index (Phi) is 4.29. The number of carbonyl (C=O) groups is 1. The molecule has 0 spiro atoms. The van der Waals surface area contributed by atoms with E-state index in [1.165, 1.54) is 17.7 Å². The second kappa shape index (κ2) is 6.95. The molecule has 4 aromatic heterocycles. The Labute approximate surface area is 169 Å². The third-order valence-electron chi connectivity index (χ3n) is 4.71. The average Bonchev–Trinajstić information content (AvgIpc) is 3.47. The summed E-state index contributed by atoms with van der Waals surface area (Å²) in [6, 6.07) is 6.03. The van der Waals surface area contributed by atoms with Gasteiger partial charge in [-0.15, -0.1) is 22.7 Å². The monoisotopic (exact) mass is 411 g/mol. The molecule has 142 valence electrons. The molecule has 1 fully saturated rings. The molecule has 28 heavy (non-hydrogen) atoms. The lowest BCUT2D eigenvalue weighted by Gasteiger charge is -2.35. The van der Waals surface area contributed by atoms with Crippen molar-refractivity contribution in [2.24, 2.45) is 0 Å². The molecule has 0 aromatic carbocycles. The van der Waals surface area contributed by atoms with Gasteiger partial charge in [-0.05, 0) is 18.4 Å². The molecule has 1 aliphatic heterocycles. The lowest BCUT2D eigenvalue weighted by molar-refractivity contribution is 0.0741. The Morgan fingerprint density at radius 2 is 2.00 bits per heavy atom. The van der Waals surface area contributed by atoms with E-state index in [4.69, 9.17) is 0 Å². The maximum Gasteiger partial charge on any atom is 0.273 e. The van der Waals surface area contributed by atoms with E-state index in [2.05, 4.69) is 25.0 Å². The van der Waals surface area contributed by atoms with Crippen molar-refractivity contribution in [3.63, 3.8) is 0 Å². The molecule has 0 radical (unpaired) electrons. The summed E-state index contributed by atoms with van der Waals surface area (Å²) in [5.74, 6) is 1.55. The van der Waals surface area contributed by atoms with E-state index in [-0.39, 0.29) is 5.91 Å². The number of thiazole rings is 1. The van der Waals surface area contributed by atoms with Gasteiger partial charge in [0.25, 0.3) is 11.7 Å². The van der Waals surface area contributed by atoms with Gasteiger partial charge in [-0.2, -0.15) is 14.6 Å². The van der Waals surface area contributed by atoms with Crippen LogP contribution in [-0.4, -0.2) is 61.6 Å². The molecule has 1 saturated heterocycles. The van der Waals surface area contributed by atoms with E-state index >= 15 is 0 Å². The fraction of sp³-hybridized carbons (Fsp3) is 0.278. The van der Waals surface area contributed by atoms with Gasteiger partial charge in [-0.1, -0.05) is 6.07 Å². The summed E-state index contributed by atoms with van der Waals surface area (Å²) >= 11 is 3.15. The standard InChI is InChI=1S/C18H17N7OS2/c1-12-9-15(25-18(21-12)19-11-20-25)23-4-6-24(7-5-23)17(26)13-10-28-16(22-13)14-3-2-8-27-14/h2-3,8-11H,4-7H2,1H3. The van der Waals surface area contributed by atoms with Crippen LogP contribution in [0.4, 0.5) is 5.82 Å². The first kappa shape index (κ1) is 17.3. The highest BCUT2D eigenvalue weighted by atomic mass is 32.1. The number of thiophene rings is 1. The number of rotatable bonds is 3. The molecular formula is C18H17N7OS2. The summed E-state index contributed by atoms with van der Waals surface area (Å²) < 4.78 is 1.75. The van der Waals surface area contributed by atoms with Gasteiger partial charge in [0.05, 0.1) is 4.88 Å². The summed E-state index contributed by atoms with van der Waals surface area (Å²) in [6.07, 6.45) is 1.51. The molecule has 1 amide bonds. The number of anilines is 1. The van der Waals surface area contributed by atoms with Crippen molar-refractivity contribution >= 4 is 40.2 Å². The third-order valence-corrected chi connectivity index (χ3v) is 6.59. The van der Waals surface area contributed by atoms with Crippen LogP contribution in [0.1, 0.15) is 16.2 Å². The highest BCUT2D eigenvalue weighted by Crippen LogP contribution is 2.28. The largest absolute Gasteiger partial charge is 0.353 e. The SMILES string of the molecule is Cc1cc(N2CCN(C(=O)c3csc(-c4cccs4)n3)CC2)n2ncnc2n1. The predicted octanol–water partition coefficient (Wildman–Crippen LogP) is 2.58. The van der Waals surface area contributed by atoms with Crippen LogP contribution in [0.2, 0.25) is 0 Å². The fourth-order valence-corrected chi connectivity index (χ4v) is 4.93. The lowest BCUT2D eigenvalue weighted by atomic mass is 10.2. The maximum atomic E-state index is 12.9. The second-order valence-electron chi connectivity index (χ2n) is 6.52. The molecule has 4 aromatic rings. The number of nitrogens with zero attached hydrogens (tertiary/aromatic N) is 7. The summed E-state index contributed by atoms with van der Waals surface area (Å²) in [5.41, 5.74) is 1.43. The Balaban J connectivity index is 1.30. The highest BCUT2D eigenvalue weighted by Gasteiger charge is 2.25. The molecule has 0 saturated carbocycles. The molecule has 10 heteroatoms. The van der Waals surface area contributed by atoms with Crippen LogP contribution >= 0.6 is 22.7 Å². The van der Waals surface area contributed by atoms with E-state index < -0.39 is 0 Å². The van der Waals surface area contributed by atoms with Crippen LogP contribution < -0.4 is 4.90 Å². The summed E-state index contributed by atoms with van der Waals surface area (Å²) in [5, 5.41) is 9.05. The molecule has 0 atom stereocenters. The maximum absolute atomic E-state index is 12.9. The van der Waals surface area contributed by atoms with E-state index in [0.29, 0.717) is 24.6 Å². The molecular weight excluding hydrogens is 394 g/mol. The first-order valence-electron chi connectivity index (χ1n) is 8.90. The number of aryl methyl sites for hydroxylation is 1. The Morgan fingerprint density at radius 1 is 1.14 bits per heavy atom. The minimum Gasteiger partial charge on any atom is -0.353 e. The predicted molar refractivity (Wildman–Crippen MR) is 109 cm³/mol. The normalized spacial score (nSPS) is 14.8. The topological polar surface area (TPSA) is 79.5 Å². The molecule has 0 aliphatic carbocycles. The van der Waals surface area contributed by atoms with Crippen LogP contribution in [0.5, 0.6) is 0 Å². The van der Waals surface area contributed by atoms with Crippen molar-refractivity contribution in [1.29, 1.82) is 0 Å². The third kappa shape index (κ3) is 3.04. The molecule has 0 unspecified atom stereocenters. The Morgan fingerprint density at radius 3 is 2.79 bits per heavy atom. The van der Waals surface area contributed by atoms with E-state index in [9.17, 15) is 4.79 Å². The first-order valence-corrected chi connectivity index (χ1v) is 10.7. The van der Waals surface area contributed by atoms with Gasteiger partial charge < -0.3 is 9.80 Å². The Bertz CT molecular complexity index is 1130. The first-order chi connectivity index (χ1) is 13.7. The number of hydrogen-bond acceptors (Lipinski definition) is 8. The second-order valence-corrected chi connectivity index (χ2v) is 8.33. The van der Waals surface area contributed by atoms with Crippen molar-refractivity contribution < 1.29 is 4.79 Å². The van der Waals surface area contributed by atoms with Crippen molar-refractivity contribution in [2.75, 3.05) is 31.1 Å². The van der Waals surface area contributed by atoms with Gasteiger partial charge in [0.1, 0.15) is 22.8 Å². The van der Waals surface area contributed by atoms with Crippen LogP contribution in [-0.2, 0) is 0 Å². The smallest absolute Gasteiger partial charge is 0.273 e. The van der Waals surface area contributed by atoms with Crippen molar-refractivity contribution in [3.05, 3.63) is 46.7 Å². The summed E-state index contributed by atoms with van der Waals surface area (Å²) in [4.78, 5) is 31.2. The van der Waals surface area contributed by atoms with Gasteiger partial charge in [-0.3, -0.25) is 4.79 Å². The van der Waals surface area contributed by atoms with Crippen molar-refractivity contribution in [1.82, 2.24) is 29.5 Å². The highest BCUT2D eigenvalue weighted by molar-refractivity contribution is 7.20. The van der Waals surface area contributed by atoms with Crippen LogP contribution in [0, 0.1) is 6.92 Å². The number of hydrogen-bond donors (Lipinski definition) is 0. The Hall–Kier alpha value is -2.85. The zero-order valence-electron chi connectivity index (χ0n) is 15.1. The quantitative estimate of drug-likeness (QED) is 0.516. The molecule has 0 N–H and O–H groups in total. The van der Waals surface area contributed by atoms with Crippen LogP contribution in [0.25, 0.3) is 15.7 Å². The zero-order valence-corrected chi connectivity index (χ0v) is 16.8. The minimum absolute atomic E-state index is 0.00415. The molecule has 5 rings (SSSR count). The number of carbonyl (C=O) groups excluding carboxylic acids is 1. The molecule has 8 nitrogen and oxygen atoms in total. The van der Waals surface area contributed by atoms with Gasteiger partial charge in [-0.25, -0.2) is 9.97 Å². The van der Waals surface area contributed by atoms with Crippen LogP contribution in [0.15, 0.2) is 35.3 Å². The van der Waals surface area contributed by atoms with Gasteiger partial charge in [0.2, 0.25) is 0 Å². The van der Waals surface area contributed by atoms with Gasteiger partial charge in [0, 0.05) is 43.3 Å². The number of amides is 1. The number of piperazine rings is 1. The molecule has 5 heterocycles. The minimum atomic E-state index is -0.00415. The van der Waals surface area contributed by atoms with Crippen LogP contribution in [0.3, 0.4) is 0 Å².